The molecule has 2 aliphatic heterocycles. The molecule has 3 aromatic heterocycles. The maximum absolute atomic E-state index is 12.8. The summed E-state index contributed by atoms with van der Waals surface area (Å²) in [7, 11) is 0. The van der Waals surface area contributed by atoms with Gasteiger partial charge in [-0.2, -0.15) is 0 Å². The molecule has 0 saturated carbocycles. The SMILES string of the molecule is O=C(NC[C@H]1[C@@H]2CNC[C@@H](C2)c2cccc(=O)n21)c1cnc2ccccn2c1=O. The molecule has 2 N–H and O–H groups in total. The highest BCUT2D eigenvalue weighted by molar-refractivity contribution is 5.93. The smallest absolute Gasteiger partial charge is 0.270 e. The van der Waals surface area contributed by atoms with Crippen molar-refractivity contribution in [3.05, 3.63) is 80.8 Å². The maximum Gasteiger partial charge on any atom is 0.270 e. The van der Waals surface area contributed by atoms with Crippen LogP contribution >= 0.6 is 0 Å². The Balaban J connectivity index is 1.44. The van der Waals surface area contributed by atoms with E-state index >= 15 is 0 Å². The lowest BCUT2D eigenvalue weighted by molar-refractivity contribution is 0.0930. The van der Waals surface area contributed by atoms with Gasteiger partial charge in [0.05, 0.1) is 6.04 Å². The molecule has 0 radical (unpaired) electrons. The number of aromatic nitrogens is 3. The second kappa shape index (κ2) is 6.97. The third-order valence-electron chi connectivity index (χ3n) is 6.03. The summed E-state index contributed by atoms with van der Waals surface area (Å²) in [6.07, 6.45) is 3.88. The van der Waals surface area contributed by atoms with Crippen LogP contribution in [0.5, 0.6) is 0 Å². The standard InChI is InChI=1S/C21H21N5O3/c27-19-6-3-4-16-13-8-14(10-22-9-13)17(26(16)19)12-24-20(28)15-11-23-18-5-1-2-7-25(18)21(15)29/h1-7,11,13-14,17,22H,8-10,12H2,(H,24,28)/t13-,14+,17+/m1/s1. The number of nitrogens with zero attached hydrogens (tertiary/aromatic N) is 3. The van der Waals surface area contributed by atoms with Crippen molar-refractivity contribution in [2.24, 2.45) is 5.92 Å². The predicted molar refractivity (Wildman–Crippen MR) is 107 cm³/mol. The maximum atomic E-state index is 12.8. The number of nitrogens with one attached hydrogen (secondary N) is 2. The van der Waals surface area contributed by atoms with Gasteiger partial charge < -0.3 is 15.2 Å². The minimum Gasteiger partial charge on any atom is -0.350 e. The Morgan fingerprint density at radius 3 is 2.97 bits per heavy atom. The molecule has 0 spiro atoms. The molecule has 5 heterocycles. The van der Waals surface area contributed by atoms with Crippen LogP contribution in [0, 0.1) is 5.92 Å². The van der Waals surface area contributed by atoms with Crippen LogP contribution in [0.15, 0.2) is 58.4 Å². The summed E-state index contributed by atoms with van der Waals surface area (Å²) in [4.78, 5) is 42.2. The molecule has 1 amide bonds. The molecule has 2 aliphatic rings. The Kier molecular flexibility index (Phi) is 4.28. The average Bonchev–Trinajstić information content (AvgIpc) is 2.74. The molecule has 0 aliphatic carbocycles. The highest BCUT2D eigenvalue weighted by atomic mass is 16.2. The lowest BCUT2D eigenvalue weighted by Crippen LogP contribution is -2.50. The average molecular weight is 391 g/mol. The largest absolute Gasteiger partial charge is 0.350 e. The summed E-state index contributed by atoms with van der Waals surface area (Å²) in [5.74, 6) is 0.0820. The van der Waals surface area contributed by atoms with Gasteiger partial charge in [-0.15, -0.1) is 0 Å². The van der Waals surface area contributed by atoms with Crippen LogP contribution in [0.2, 0.25) is 0 Å². The number of carbonyl (C=O) groups excluding carboxylic acids is 1. The second-order valence-corrected chi connectivity index (χ2v) is 7.69. The first-order valence-corrected chi connectivity index (χ1v) is 9.80. The first-order valence-electron chi connectivity index (χ1n) is 9.80. The van der Waals surface area contributed by atoms with Gasteiger partial charge in [-0.1, -0.05) is 12.1 Å². The molecule has 0 aromatic carbocycles. The number of piperidine rings is 1. The third kappa shape index (κ3) is 2.96. The molecule has 8 nitrogen and oxygen atoms in total. The molecule has 2 bridgehead atoms. The fourth-order valence-electron chi connectivity index (χ4n) is 4.64. The van der Waals surface area contributed by atoms with Crippen molar-refractivity contribution < 1.29 is 4.79 Å². The van der Waals surface area contributed by atoms with E-state index in [1.165, 1.54) is 10.6 Å². The zero-order valence-electron chi connectivity index (χ0n) is 15.7. The highest BCUT2D eigenvalue weighted by Crippen LogP contribution is 2.38. The quantitative estimate of drug-likeness (QED) is 0.679. The molecule has 5 rings (SSSR count). The molecule has 1 saturated heterocycles. The van der Waals surface area contributed by atoms with Gasteiger partial charge >= 0.3 is 0 Å². The first-order chi connectivity index (χ1) is 14.1. The number of pyridine rings is 2. The Morgan fingerprint density at radius 1 is 1.17 bits per heavy atom. The van der Waals surface area contributed by atoms with E-state index in [-0.39, 0.29) is 29.6 Å². The van der Waals surface area contributed by atoms with Crippen LogP contribution in [-0.4, -0.2) is 39.5 Å². The number of fused-ring (bicyclic) bond motifs is 5. The zero-order chi connectivity index (χ0) is 20.0. The monoisotopic (exact) mass is 391 g/mol. The fourth-order valence-corrected chi connectivity index (χ4v) is 4.64. The second-order valence-electron chi connectivity index (χ2n) is 7.69. The third-order valence-corrected chi connectivity index (χ3v) is 6.03. The van der Waals surface area contributed by atoms with Crippen molar-refractivity contribution in [3.8, 4) is 0 Å². The van der Waals surface area contributed by atoms with Gasteiger partial charge in [0.2, 0.25) is 0 Å². The van der Waals surface area contributed by atoms with Crippen LogP contribution in [0.1, 0.15) is 34.4 Å². The summed E-state index contributed by atoms with van der Waals surface area (Å²) in [6, 6.07) is 10.4. The van der Waals surface area contributed by atoms with Gasteiger partial charge in [-0.25, -0.2) is 4.98 Å². The van der Waals surface area contributed by atoms with Gasteiger partial charge in [0, 0.05) is 49.7 Å². The molecule has 1 fully saturated rings. The Hall–Kier alpha value is -3.26. The number of hydrogen-bond acceptors (Lipinski definition) is 5. The normalized spacial score (nSPS) is 22.8. The van der Waals surface area contributed by atoms with Crippen molar-refractivity contribution in [1.29, 1.82) is 0 Å². The van der Waals surface area contributed by atoms with Crippen molar-refractivity contribution >= 4 is 11.6 Å². The minimum absolute atomic E-state index is 0.00946. The van der Waals surface area contributed by atoms with E-state index in [9.17, 15) is 14.4 Å². The van der Waals surface area contributed by atoms with Gasteiger partial charge in [-0.05, 0) is 30.5 Å². The van der Waals surface area contributed by atoms with Crippen LogP contribution < -0.4 is 21.8 Å². The highest BCUT2D eigenvalue weighted by Gasteiger charge is 2.37. The molecule has 0 unspecified atom stereocenters. The van der Waals surface area contributed by atoms with Crippen LogP contribution in [-0.2, 0) is 0 Å². The number of amides is 1. The Morgan fingerprint density at radius 2 is 2.07 bits per heavy atom. The lowest BCUT2D eigenvalue weighted by Gasteiger charge is -2.43. The van der Waals surface area contributed by atoms with E-state index in [2.05, 4.69) is 15.6 Å². The minimum atomic E-state index is -0.475. The molecular weight excluding hydrogens is 370 g/mol. The predicted octanol–water partition coefficient (Wildman–Crippen LogP) is 0.534. The van der Waals surface area contributed by atoms with E-state index < -0.39 is 11.5 Å². The molecular formula is C21H21N5O3. The summed E-state index contributed by atoms with van der Waals surface area (Å²) in [5.41, 5.74) is 1.03. The van der Waals surface area contributed by atoms with E-state index in [1.807, 2.05) is 10.6 Å². The number of rotatable bonds is 3. The van der Waals surface area contributed by atoms with E-state index in [1.54, 1.807) is 36.5 Å². The first kappa shape index (κ1) is 17.8. The van der Waals surface area contributed by atoms with Crippen molar-refractivity contribution in [3.63, 3.8) is 0 Å². The van der Waals surface area contributed by atoms with Crippen molar-refractivity contribution in [2.75, 3.05) is 19.6 Å². The number of hydrogen-bond donors (Lipinski definition) is 2. The lowest BCUT2D eigenvalue weighted by atomic mass is 9.79. The topological polar surface area (TPSA) is 97.5 Å². The van der Waals surface area contributed by atoms with Crippen LogP contribution in [0.25, 0.3) is 5.65 Å². The molecule has 3 aromatic rings. The molecule has 148 valence electrons. The number of carbonyl (C=O) groups is 1. The van der Waals surface area contributed by atoms with E-state index in [0.29, 0.717) is 11.6 Å². The Bertz CT molecular complexity index is 1210. The molecule has 3 atom stereocenters. The fraction of sp³-hybridized carbons (Fsp3) is 0.333. The Labute approximate surface area is 166 Å². The summed E-state index contributed by atoms with van der Waals surface area (Å²) >= 11 is 0. The van der Waals surface area contributed by atoms with Gasteiger partial charge in [0.15, 0.2) is 0 Å². The van der Waals surface area contributed by atoms with Crippen LogP contribution in [0.3, 0.4) is 0 Å². The van der Waals surface area contributed by atoms with Crippen LogP contribution in [0.4, 0.5) is 0 Å². The van der Waals surface area contributed by atoms with Gasteiger partial charge in [0.1, 0.15) is 11.2 Å². The van der Waals surface area contributed by atoms with Crippen molar-refractivity contribution in [1.82, 2.24) is 24.6 Å². The van der Waals surface area contributed by atoms with E-state index in [4.69, 9.17) is 0 Å². The van der Waals surface area contributed by atoms with Crippen molar-refractivity contribution in [2.45, 2.75) is 18.4 Å². The summed E-state index contributed by atoms with van der Waals surface area (Å²) < 4.78 is 3.18. The summed E-state index contributed by atoms with van der Waals surface area (Å²) in [5, 5.41) is 6.30. The summed E-state index contributed by atoms with van der Waals surface area (Å²) in [6.45, 7) is 1.95. The van der Waals surface area contributed by atoms with Gasteiger partial charge in [-0.3, -0.25) is 18.8 Å². The van der Waals surface area contributed by atoms with Gasteiger partial charge in [0.25, 0.3) is 17.0 Å². The van der Waals surface area contributed by atoms with E-state index in [0.717, 1.165) is 25.2 Å². The molecule has 8 heteroatoms. The zero-order valence-corrected chi connectivity index (χ0v) is 15.7. The molecule has 29 heavy (non-hydrogen) atoms.